The van der Waals surface area contributed by atoms with Crippen LogP contribution in [0.25, 0.3) is 0 Å². The van der Waals surface area contributed by atoms with E-state index in [2.05, 4.69) is 9.97 Å². The van der Waals surface area contributed by atoms with Gasteiger partial charge in [-0.2, -0.15) is 0 Å². The van der Waals surface area contributed by atoms with Crippen molar-refractivity contribution in [2.45, 2.75) is 19.0 Å². The van der Waals surface area contributed by atoms with Crippen molar-refractivity contribution in [1.29, 1.82) is 0 Å². The predicted molar refractivity (Wildman–Crippen MR) is 86.8 cm³/mol. The Labute approximate surface area is 138 Å². The molecule has 1 aliphatic heterocycles. The average Bonchev–Trinajstić information content (AvgIpc) is 2.56. The Morgan fingerprint density at radius 1 is 1.38 bits per heavy atom. The van der Waals surface area contributed by atoms with Gasteiger partial charge in [0.05, 0.1) is 18.6 Å². The summed E-state index contributed by atoms with van der Waals surface area (Å²) in [4.78, 5) is 34.8. The zero-order chi connectivity index (χ0) is 17.3. The summed E-state index contributed by atoms with van der Waals surface area (Å²) in [7, 11) is 3.49. The zero-order valence-corrected chi connectivity index (χ0v) is 13.6. The molecule has 126 valence electrons. The fraction of sp³-hybridized carbons (Fsp3) is 0.353. The number of fused-ring (bicyclic) bond motifs is 1. The van der Waals surface area contributed by atoms with Gasteiger partial charge in [-0.15, -0.1) is 0 Å². The number of benzene rings is 1. The molecule has 0 spiro atoms. The van der Waals surface area contributed by atoms with Crippen LogP contribution in [0, 0.1) is 5.82 Å². The van der Waals surface area contributed by atoms with Crippen LogP contribution in [-0.2, 0) is 17.8 Å². The Balaban J connectivity index is 1.90. The van der Waals surface area contributed by atoms with Gasteiger partial charge in [0.25, 0.3) is 5.56 Å². The van der Waals surface area contributed by atoms with Crippen molar-refractivity contribution in [3.63, 3.8) is 0 Å². The first-order chi connectivity index (χ1) is 11.5. The maximum atomic E-state index is 14.2. The highest BCUT2D eigenvalue weighted by Gasteiger charge is 2.32. The third kappa shape index (κ3) is 2.94. The highest BCUT2D eigenvalue weighted by molar-refractivity contribution is 5.83. The summed E-state index contributed by atoms with van der Waals surface area (Å²) in [5.41, 5.74) is 1.40. The molecular weight excluding hydrogens is 311 g/mol. The van der Waals surface area contributed by atoms with Crippen LogP contribution in [0.4, 0.5) is 4.39 Å². The molecule has 0 fully saturated rings. The molecule has 0 radical (unpaired) electrons. The minimum atomic E-state index is -0.713. The minimum Gasteiger partial charge on any atom is -0.335 e. The Morgan fingerprint density at radius 3 is 2.83 bits per heavy atom. The molecule has 1 amide bonds. The van der Waals surface area contributed by atoms with Gasteiger partial charge in [0, 0.05) is 17.7 Å². The van der Waals surface area contributed by atoms with Gasteiger partial charge < -0.3 is 9.88 Å². The Hall–Kier alpha value is -2.54. The summed E-state index contributed by atoms with van der Waals surface area (Å²) in [6, 6.07) is 5.58. The van der Waals surface area contributed by atoms with Crippen molar-refractivity contribution in [3.05, 3.63) is 63.6 Å². The Kier molecular flexibility index (Phi) is 4.44. The topological polar surface area (TPSA) is 69.3 Å². The highest BCUT2D eigenvalue weighted by atomic mass is 19.1. The molecule has 7 heteroatoms. The first-order valence-corrected chi connectivity index (χ1v) is 7.74. The third-order valence-electron chi connectivity index (χ3n) is 4.27. The highest BCUT2D eigenvalue weighted by Crippen LogP contribution is 2.25. The first-order valence-electron chi connectivity index (χ1n) is 7.74. The second-order valence-electron chi connectivity index (χ2n) is 6.05. The number of aromatic amines is 1. The maximum Gasteiger partial charge on any atom is 0.254 e. The van der Waals surface area contributed by atoms with Gasteiger partial charge in [0.15, 0.2) is 0 Å². The molecule has 1 aromatic carbocycles. The number of carbonyl (C=O) groups is 1. The van der Waals surface area contributed by atoms with E-state index in [4.69, 9.17) is 0 Å². The molecule has 0 bridgehead atoms. The molecule has 2 heterocycles. The lowest BCUT2D eigenvalue weighted by Gasteiger charge is -2.33. The second kappa shape index (κ2) is 6.52. The normalized spacial score (nSPS) is 15.2. The number of likely N-dealkylation sites (N-methyl/N-ethyl adjacent to an activating group) is 1. The van der Waals surface area contributed by atoms with E-state index in [1.165, 1.54) is 12.4 Å². The summed E-state index contributed by atoms with van der Waals surface area (Å²) in [6.45, 7) is 0.677. The van der Waals surface area contributed by atoms with Gasteiger partial charge >= 0.3 is 0 Å². The molecule has 1 N–H and O–H groups in total. The number of rotatable bonds is 3. The molecule has 0 saturated heterocycles. The van der Waals surface area contributed by atoms with Crippen LogP contribution in [0.15, 0.2) is 35.4 Å². The van der Waals surface area contributed by atoms with Gasteiger partial charge in [-0.3, -0.25) is 14.5 Å². The molecule has 1 atom stereocenters. The number of halogens is 1. The van der Waals surface area contributed by atoms with Crippen LogP contribution in [0.3, 0.4) is 0 Å². The van der Waals surface area contributed by atoms with Crippen molar-refractivity contribution >= 4 is 5.91 Å². The summed E-state index contributed by atoms with van der Waals surface area (Å²) in [5, 5.41) is 0. The van der Waals surface area contributed by atoms with Crippen molar-refractivity contribution in [2.75, 3.05) is 20.6 Å². The number of amides is 1. The van der Waals surface area contributed by atoms with Crippen LogP contribution < -0.4 is 5.56 Å². The summed E-state index contributed by atoms with van der Waals surface area (Å²) < 4.78 is 14.2. The van der Waals surface area contributed by atoms with Gasteiger partial charge in [0.1, 0.15) is 11.9 Å². The monoisotopic (exact) mass is 330 g/mol. The quantitative estimate of drug-likeness (QED) is 0.915. The lowest BCUT2D eigenvalue weighted by Crippen LogP contribution is -2.44. The van der Waals surface area contributed by atoms with E-state index in [9.17, 15) is 14.0 Å². The largest absolute Gasteiger partial charge is 0.335 e. The van der Waals surface area contributed by atoms with Gasteiger partial charge in [-0.05, 0) is 26.6 Å². The summed E-state index contributed by atoms with van der Waals surface area (Å²) >= 11 is 0. The SMILES string of the molecule is CN(C)C(C(=O)N1CCc2c(nc[nH]c2=O)C1)c1ccccc1F. The Bertz CT molecular complexity index is 818. The van der Waals surface area contributed by atoms with Gasteiger partial charge in [0.2, 0.25) is 5.91 Å². The van der Waals surface area contributed by atoms with Crippen LogP contribution in [0.5, 0.6) is 0 Å². The molecule has 0 aliphatic carbocycles. The fourth-order valence-electron chi connectivity index (χ4n) is 3.06. The van der Waals surface area contributed by atoms with Crippen molar-refractivity contribution in [2.24, 2.45) is 0 Å². The molecule has 2 aromatic rings. The minimum absolute atomic E-state index is 0.162. The predicted octanol–water partition coefficient (Wildman–Crippen LogP) is 1.10. The van der Waals surface area contributed by atoms with Crippen LogP contribution in [-0.4, -0.2) is 46.3 Å². The van der Waals surface area contributed by atoms with E-state index < -0.39 is 11.9 Å². The van der Waals surface area contributed by atoms with Crippen molar-refractivity contribution in [1.82, 2.24) is 19.8 Å². The number of carbonyl (C=O) groups excluding carboxylic acids is 1. The number of H-pyrrole nitrogens is 1. The smallest absolute Gasteiger partial charge is 0.254 e. The number of nitrogens with one attached hydrogen (secondary N) is 1. The molecule has 3 rings (SSSR count). The number of aromatic nitrogens is 2. The standard InChI is InChI=1S/C17H19FN4O2/c1-21(2)15(11-5-3-4-6-13(11)18)17(24)22-8-7-12-14(9-22)19-10-20-16(12)23/h3-6,10,15H,7-9H2,1-2H3,(H,19,20,23). The molecule has 1 aromatic heterocycles. The van der Waals surface area contributed by atoms with E-state index in [1.807, 2.05) is 0 Å². The van der Waals surface area contributed by atoms with Gasteiger partial charge in [-0.1, -0.05) is 18.2 Å². The van der Waals surface area contributed by atoms with Crippen molar-refractivity contribution < 1.29 is 9.18 Å². The van der Waals surface area contributed by atoms with E-state index >= 15 is 0 Å². The summed E-state index contributed by atoms with van der Waals surface area (Å²) in [5.74, 6) is -0.602. The van der Waals surface area contributed by atoms with Crippen LogP contribution >= 0.6 is 0 Å². The first kappa shape index (κ1) is 16.3. The van der Waals surface area contributed by atoms with Gasteiger partial charge in [-0.25, -0.2) is 9.37 Å². The maximum absolute atomic E-state index is 14.2. The molecule has 24 heavy (non-hydrogen) atoms. The van der Waals surface area contributed by atoms with E-state index in [0.29, 0.717) is 29.8 Å². The molecule has 1 unspecified atom stereocenters. The number of nitrogens with zero attached hydrogens (tertiary/aromatic N) is 3. The zero-order valence-electron chi connectivity index (χ0n) is 13.6. The molecule has 1 aliphatic rings. The summed E-state index contributed by atoms with van der Waals surface area (Å²) in [6.07, 6.45) is 1.79. The van der Waals surface area contributed by atoms with Crippen LogP contribution in [0.2, 0.25) is 0 Å². The lowest BCUT2D eigenvalue weighted by molar-refractivity contribution is -0.137. The fourth-order valence-corrected chi connectivity index (χ4v) is 3.06. The molecule has 6 nitrogen and oxygen atoms in total. The molecule has 0 saturated carbocycles. The number of hydrogen-bond acceptors (Lipinski definition) is 4. The number of hydrogen-bond donors (Lipinski definition) is 1. The lowest BCUT2D eigenvalue weighted by atomic mass is 10.0. The Morgan fingerprint density at radius 2 is 2.12 bits per heavy atom. The second-order valence-corrected chi connectivity index (χ2v) is 6.05. The van der Waals surface area contributed by atoms with Crippen molar-refractivity contribution in [3.8, 4) is 0 Å². The molecular formula is C17H19FN4O2. The van der Waals surface area contributed by atoms with E-state index in [0.717, 1.165) is 0 Å². The average molecular weight is 330 g/mol. The van der Waals surface area contributed by atoms with Crippen LogP contribution in [0.1, 0.15) is 22.9 Å². The third-order valence-corrected chi connectivity index (χ3v) is 4.27. The van der Waals surface area contributed by atoms with E-state index in [1.54, 1.807) is 42.1 Å². The van der Waals surface area contributed by atoms with E-state index in [-0.39, 0.29) is 18.0 Å².